The lowest BCUT2D eigenvalue weighted by molar-refractivity contribution is 0.0953. The van der Waals surface area contributed by atoms with E-state index in [2.05, 4.69) is 25.6 Å². The van der Waals surface area contributed by atoms with Gasteiger partial charge in [-0.15, -0.1) is 0 Å². The minimum Gasteiger partial charge on any atom is -0.493 e. The van der Waals surface area contributed by atoms with Crippen LogP contribution >= 0.6 is 0 Å². The van der Waals surface area contributed by atoms with E-state index in [1.54, 1.807) is 24.5 Å². The van der Waals surface area contributed by atoms with Crippen LogP contribution in [0.4, 0.5) is 5.82 Å². The highest BCUT2D eigenvalue weighted by Gasteiger charge is 2.11. The van der Waals surface area contributed by atoms with Crippen LogP contribution in [-0.4, -0.2) is 40.6 Å². The van der Waals surface area contributed by atoms with Crippen LogP contribution in [0, 0.1) is 0 Å². The Morgan fingerprint density at radius 3 is 2.89 bits per heavy atom. The molecule has 7 heteroatoms. The van der Waals surface area contributed by atoms with Gasteiger partial charge in [0.15, 0.2) is 0 Å². The van der Waals surface area contributed by atoms with E-state index in [1.165, 1.54) is 0 Å². The van der Waals surface area contributed by atoms with Crippen LogP contribution in [0.1, 0.15) is 36.5 Å². The molecule has 0 fully saturated rings. The zero-order valence-electron chi connectivity index (χ0n) is 15.7. The Kier molecular flexibility index (Phi) is 6.25. The molecule has 0 spiro atoms. The van der Waals surface area contributed by atoms with Crippen LogP contribution in [0.5, 0.6) is 5.75 Å². The summed E-state index contributed by atoms with van der Waals surface area (Å²) in [6.07, 6.45) is 5.16. The minimum absolute atomic E-state index is 0.107. The Hall–Kier alpha value is -3.09. The summed E-state index contributed by atoms with van der Waals surface area (Å²) in [4.78, 5) is 24.3. The van der Waals surface area contributed by atoms with Crippen LogP contribution < -0.4 is 15.4 Å². The number of rotatable bonds is 9. The van der Waals surface area contributed by atoms with Crippen molar-refractivity contribution in [3.8, 4) is 5.75 Å². The molecular weight excluding hydrogens is 342 g/mol. The van der Waals surface area contributed by atoms with Crippen molar-refractivity contribution in [2.75, 3.05) is 25.0 Å². The standard InChI is InChI=1S/C20H25N5O2/c1-3-21-19-13-17(27-4-2)15-8-7-14(12-16(15)25-19)20(26)24-9-5-6-18-22-10-11-23-18/h7-8,10-13H,3-6,9H2,1-2H3,(H,21,25)(H,22,23)(H,24,26). The second kappa shape index (κ2) is 9.02. The molecule has 0 aliphatic heterocycles. The lowest BCUT2D eigenvalue weighted by Gasteiger charge is -2.12. The number of H-pyrrole nitrogens is 1. The number of aryl methyl sites for hydroxylation is 1. The van der Waals surface area contributed by atoms with E-state index in [0.29, 0.717) is 18.7 Å². The summed E-state index contributed by atoms with van der Waals surface area (Å²) >= 11 is 0. The number of carbonyl (C=O) groups excluding carboxylic acids is 1. The summed E-state index contributed by atoms with van der Waals surface area (Å²) in [5, 5.41) is 7.05. The maximum atomic E-state index is 12.5. The number of benzene rings is 1. The first-order valence-corrected chi connectivity index (χ1v) is 9.29. The fourth-order valence-electron chi connectivity index (χ4n) is 2.88. The highest BCUT2D eigenvalue weighted by Crippen LogP contribution is 2.28. The Labute approximate surface area is 158 Å². The molecule has 0 aliphatic carbocycles. The fourth-order valence-corrected chi connectivity index (χ4v) is 2.88. The first kappa shape index (κ1) is 18.7. The summed E-state index contributed by atoms with van der Waals surface area (Å²) in [7, 11) is 0. The van der Waals surface area contributed by atoms with Crippen LogP contribution in [0.2, 0.25) is 0 Å². The van der Waals surface area contributed by atoms with Crippen molar-refractivity contribution in [2.24, 2.45) is 0 Å². The molecule has 0 atom stereocenters. The highest BCUT2D eigenvalue weighted by atomic mass is 16.5. The molecule has 142 valence electrons. The maximum absolute atomic E-state index is 12.5. The zero-order valence-corrected chi connectivity index (χ0v) is 15.7. The molecule has 2 heterocycles. The minimum atomic E-state index is -0.107. The molecule has 7 nitrogen and oxygen atoms in total. The van der Waals surface area contributed by atoms with Crippen molar-refractivity contribution in [2.45, 2.75) is 26.7 Å². The summed E-state index contributed by atoms with van der Waals surface area (Å²) in [6.45, 7) is 5.89. The quantitative estimate of drug-likeness (QED) is 0.505. The Morgan fingerprint density at radius 2 is 2.15 bits per heavy atom. The number of anilines is 1. The van der Waals surface area contributed by atoms with Crippen molar-refractivity contribution >= 4 is 22.6 Å². The van der Waals surface area contributed by atoms with E-state index in [-0.39, 0.29) is 5.91 Å². The second-order valence-electron chi connectivity index (χ2n) is 6.10. The number of ether oxygens (including phenoxy) is 1. The molecule has 3 rings (SSSR count). The van der Waals surface area contributed by atoms with Gasteiger partial charge in [0.25, 0.3) is 5.91 Å². The maximum Gasteiger partial charge on any atom is 0.251 e. The number of amides is 1. The van der Waals surface area contributed by atoms with Crippen LogP contribution in [-0.2, 0) is 6.42 Å². The van der Waals surface area contributed by atoms with Crippen LogP contribution in [0.15, 0.2) is 36.7 Å². The third-order valence-corrected chi connectivity index (χ3v) is 4.12. The Bertz CT molecular complexity index is 893. The largest absolute Gasteiger partial charge is 0.493 e. The molecule has 0 aliphatic rings. The Morgan fingerprint density at radius 1 is 1.26 bits per heavy atom. The van der Waals surface area contributed by atoms with E-state index in [0.717, 1.165) is 47.7 Å². The number of pyridine rings is 1. The van der Waals surface area contributed by atoms with E-state index in [4.69, 9.17) is 4.74 Å². The van der Waals surface area contributed by atoms with Crippen molar-refractivity contribution in [3.63, 3.8) is 0 Å². The molecule has 0 bridgehead atoms. The predicted molar refractivity (Wildman–Crippen MR) is 106 cm³/mol. The molecular formula is C20H25N5O2. The van der Waals surface area contributed by atoms with Gasteiger partial charge in [-0.25, -0.2) is 9.97 Å². The first-order chi connectivity index (χ1) is 13.2. The Balaban J connectivity index is 1.71. The SMILES string of the molecule is CCNc1cc(OCC)c2ccc(C(=O)NCCCc3ncc[nH]3)cc2n1. The molecule has 2 aromatic heterocycles. The summed E-state index contributed by atoms with van der Waals surface area (Å²) in [5.41, 5.74) is 1.32. The van der Waals surface area contributed by atoms with Gasteiger partial charge < -0.3 is 20.4 Å². The molecule has 1 aromatic carbocycles. The van der Waals surface area contributed by atoms with Gasteiger partial charge in [0.1, 0.15) is 17.4 Å². The zero-order chi connectivity index (χ0) is 19.1. The number of fused-ring (bicyclic) bond motifs is 1. The molecule has 0 unspecified atom stereocenters. The smallest absolute Gasteiger partial charge is 0.251 e. The van der Waals surface area contributed by atoms with Gasteiger partial charge in [-0.2, -0.15) is 0 Å². The van der Waals surface area contributed by atoms with Gasteiger partial charge in [-0.05, 0) is 38.5 Å². The lowest BCUT2D eigenvalue weighted by atomic mass is 10.1. The van der Waals surface area contributed by atoms with Gasteiger partial charge in [0, 0.05) is 48.9 Å². The van der Waals surface area contributed by atoms with E-state index >= 15 is 0 Å². The summed E-state index contributed by atoms with van der Waals surface area (Å²) in [6, 6.07) is 7.40. The summed E-state index contributed by atoms with van der Waals surface area (Å²) < 4.78 is 5.73. The number of hydrogen-bond donors (Lipinski definition) is 3. The number of nitrogens with one attached hydrogen (secondary N) is 3. The van der Waals surface area contributed by atoms with Gasteiger partial charge >= 0.3 is 0 Å². The fraction of sp³-hybridized carbons (Fsp3) is 0.350. The molecule has 0 saturated carbocycles. The summed E-state index contributed by atoms with van der Waals surface area (Å²) in [5.74, 6) is 2.33. The first-order valence-electron chi connectivity index (χ1n) is 9.29. The third kappa shape index (κ3) is 4.75. The average molecular weight is 367 g/mol. The molecule has 3 N–H and O–H groups in total. The average Bonchev–Trinajstić information content (AvgIpc) is 3.18. The van der Waals surface area contributed by atoms with Crippen molar-refractivity contribution < 1.29 is 9.53 Å². The molecule has 0 saturated heterocycles. The van der Waals surface area contributed by atoms with Gasteiger partial charge in [0.05, 0.1) is 12.1 Å². The van der Waals surface area contributed by atoms with Gasteiger partial charge in [0.2, 0.25) is 0 Å². The third-order valence-electron chi connectivity index (χ3n) is 4.12. The van der Waals surface area contributed by atoms with Gasteiger partial charge in [-0.3, -0.25) is 4.79 Å². The van der Waals surface area contributed by atoms with Crippen molar-refractivity contribution in [1.29, 1.82) is 0 Å². The number of aromatic nitrogens is 3. The van der Waals surface area contributed by atoms with E-state index in [1.807, 2.05) is 26.0 Å². The van der Waals surface area contributed by atoms with E-state index < -0.39 is 0 Å². The number of carbonyl (C=O) groups is 1. The number of imidazole rings is 1. The van der Waals surface area contributed by atoms with Gasteiger partial charge in [-0.1, -0.05) is 0 Å². The monoisotopic (exact) mass is 367 g/mol. The number of nitrogens with zero attached hydrogens (tertiary/aromatic N) is 2. The van der Waals surface area contributed by atoms with E-state index in [9.17, 15) is 4.79 Å². The lowest BCUT2D eigenvalue weighted by Crippen LogP contribution is -2.24. The van der Waals surface area contributed by atoms with Crippen molar-refractivity contribution in [1.82, 2.24) is 20.3 Å². The molecule has 0 radical (unpaired) electrons. The number of hydrogen-bond acceptors (Lipinski definition) is 5. The van der Waals surface area contributed by atoms with Crippen molar-refractivity contribution in [3.05, 3.63) is 48.0 Å². The molecule has 1 amide bonds. The predicted octanol–water partition coefficient (Wildman–Crippen LogP) is 3.15. The number of aromatic amines is 1. The van der Waals surface area contributed by atoms with Crippen LogP contribution in [0.25, 0.3) is 10.9 Å². The highest BCUT2D eigenvalue weighted by molar-refractivity contribution is 5.99. The molecule has 27 heavy (non-hydrogen) atoms. The second-order valence-corrected chi connectivity index (χ2v) is 6.10. The topological polar surface area (TPSA) is 91.9 Å². The van der Waals surface area contributed by atoms with Crippen LogP contribution in [0.3, 0.4) is 0 Å². The molecule has 3 aromatic rings. The normalized spacial score (nSPS) is 10.7.